The van der Waals surface area contributed by atoms with Gasteiger partial charge in [-0.15, -0.1) is 0 Å². The van der Waals surface area contributed by atoms with E-state index in [2.05, 4.69) is 10.6 Å². The summed E-state index contributed by atoms with van der Waals surface area (Å²) < 4.78 is 16.1. The third-order valence-corrected chi connectivity index (χ3v) is 7.27. The molecule has 0 unspecified atom stereocenters. The first-order valence-electron chi connectivity index (χ1n) is 13.8. The Hall–Kier alpha value is -3.07. The van der Waals surface area contributed by atoms with Gasteiger partial charge in [0.15, 0.2) is 0 Å². The van der Waals surface area contributed by atoms with Gasteiger partial charge in [0.25, 0.3) is 0 Å². The van der Waals surface area contributed by atoms with Gasteiger partial charge in [0.05, 0.1) is 32.9 Å². The zero-order chi connectivity index (χ0) is 31.0. The van der Waals surface area contributed by atoms with Crippen molar-refractivity contribution < 1.29 is 28.6 Å². The van der Waals surface area contributed by atoms with E-state index in [1.54, 1.807) is 59.2 Å². The monoisotopic (exact) mass is 561 g/mol. The van der Waals surface area contributed by atoms with Gasteiger partial charge in [0.2, 0.25) is 11.8 Å². The fraction of sp³-hybridized carbons (Fsp3) is 0.645. The van der Waals surface area contributed by atoms with Crippen LogP contribution in [0.3, 0.4) is 0 Å². The Labute approximate surface area is 241 Å². The molecule has 0 fully saturated rings. The van der Waals surface area contributed by atoms with E-state index in [4.69, 9.17) is 14.2 Å². The maximum absolute atomic E-state index is 14.0. The summed E-state index contributed by atoms with van der Waals surface area (Å²) in [6.45, 7) is 17.3. The van der Waals surface area contributed by atoms with Crippen LogP contribution in [0.4, 0.5) is 0 Å². The number of hydrogen-bond acceptors (Lipinski definition) is 7. The van der Waals surface area contributed by atoms with Crippen LogP contribution in [0.2, 0.25) is 0 Å². The third-order valence-electron chi connectivity index (χ3n) is 7.27. The van der Waals surface area contributed by atoms with Crippen LogP contribution < -0.4 is 20.1 Å². The molecule has 0 aliphatic carbocycles. The summed E-state index contributed by atoms with van der Waals surface area (Å²) in [7, 11) is 6.59. The first kappa shape index (κ1) is 35.0. The summed E-state index contributed by atoms with van der Waals surface area (Å²) in [4.78, 5) is 41.7. The second kappa shape index (κ2) is 14.5. The predicted molar refractivity (Wildman–Crippen MR) is 159 cm³/mol. The Kier molecular flexibility index (Phi) is 12.7. The SMILES string of the molecule is CCOC(=O)/C(C)=C/[C@H](C(C)C)N(C)C(=O)[C@@H](NC(=O)[C@@H](NC)C(C)(C)c1ccc(OC)cc1OC)C(C)(C)C. The minimum atomic E-state index is -0.827. The van der Waals surface area contributed by atoms with Crippen LogP contribution in [0.15, 0.2) is 29.8 Å². The van der Waals surface area contributed by atoms with E-state index in [9.17, 15) is 14.4 Å². The third kappa shape index (κ3) is 8.46. The molecule has 226 valence electrons. The standard InChI is InChI=1S/C31H51N3O6/c1-14-40-29(37)20(4)17-23(19(2)3)34(11)28(36)26(30(5,6)7)33-27(35)25(32-10)31(8,9)22-16-15-21(38-12)18-24(22)39-13/h15-19,23,25-26,32H,14H2,1-13H3,(H,33,35)/b20-17+/t23-,25-,26-/m1/s1. The van der Waals surface area contributed by atoms with Crippen LogP contribution in [-0.4, -0.2) is 75.7 Å². The molecule has 2 amide bonds. The largest absolute Gasteiger partial charge is 0.497 e. The molecule has 40 heavy (non-hydrogen) atoms. The summed E-state index contributed by atoms with van der Waals surface area (Å²) >= 11 is 0. The molecule has 0 bridgehead atoms. The highest BCUT2D eigenvalue weighted by Gasteiger charge is 2.42. The smallest absolute Gasteiger partial charge is 0.333 e. The second-order valence-corrected chi connectivity index (χ2v) is 12.1. The highest BCUT2D eigenvalue weighted by atomic mass is 16.5. The van der Waals surface area contributed by atoms with Gasteiger partial charge in [-0.25, -0.2) is 4.79 Å². The van der Waals surface area contributed by atoms with Gasteiger partial charge < -0.3 is 29.7 Å². The lowest BCUT2D eigenvalue weighted by atomic mass is 9.76. The van der Waals surface area contributed by atoms with Gasteiger partial charge in [-0.2, -0.15) is 0 Å². The van der Waals surface area contributed by atoms with Crippen LogP contribution in [0, 0.1) is 11.3 Å². The van der Waals surface area contributed by atoms with Crippen LogP contribution >= 0.6 is 0 Å². The van der Waals surface area contributed by atoms with Crippen LogP contribution in [0.1, 0.15) is 67.9 Å². The van der Waals surface area contributed by atoms with Crippen molar-refractivity contribution in [3.05, 3.63) is 35.4 Å². The molecule has 0 aromatic heterocycles. The van der Waals surface area contributed by atoms with E-state index in [1.165, 1.54) is 0 Å². The molecule has 0 heterocycles. The molecule has 1 aromatic carbocycles. The molecule has 0 aliphatic heterocycles. The fourth-order valence-corrected chi connectivity index (χ4v) is 4.85. The van der Waals surface area contributed by atoms with Gasteiger partial charge in [0.1, 0.15) is 17.5 Å². The minimum absolute atomic E-state index is 0.0150. The zero-order valence-corrected chi connectivity index (χ0v) is 26.7. The number of methoxy groups -OCH3 is 2. The van der Waals surface area contributed by atoms with Crippen LogP contribution in [0.25, 0.3) is 0 Å². The average molecular weight is 562 g/mol. The molecule has 1 rings (SSSR count). The summed E-state index contributed by atoms with van der Waals surface area (Å²) in [5.41, 5.74) is -0.0568. The quantitative estimate of drug-likeness (QED) is 0.276. The Morgan fingerprint density at radius 1 is 1.02 bits per heavy atom. The summed E-state index contributed by atoms with van der Waals surface area (Å²) in [5, 5.41) is 6.20. The highest BCUT2D eigenvalue weighted by Crippen LogP contribution is 2.37. The maximum Gasteiger partial charge on any atom is 0.333 e. The number of nitrogens with zero attached hydrogens (tertiary/aromatic N) is 1. The van der Waals surface area contributed by atoms with E-state index >= 15 is 0 Å². The second-order valence-electron chi connectivity index (χ2n) is 12.1. The van der Waals surface area contributed by atoms with Crippen molar-refractivity contribution in [2.45, 2.75) is 85.9 Å². The molecule has 0 spiro atoms. The number of esters is 1. The normalized spacial score (nSPS) is 14.7. The number of likely N-dealkylation sites (N-methyl/N-ethyl adjacent to an activating group) is 2. The number of nitrogens with one attached hydrogen (secondary N) is 2. The molecule has 3 atom stereocenters. The van der Waals surface area contributed by atoms with Crippen LogP contribution in [0.5, 0.6) is 11.5 Å². The number of carbonyl (C=O) groups excluding carboxylic acids is 3. The van der Waals surface area contributed by atoms with E-state index in [0.717, 1.165) is 5.56 Å². The zero-order valence-electron chi connectivity index (χ0n) is 26.7. The van der Waals surface area contributed by atoms with E-state index in [-0.39, 0.29) is 30.4 Å². The first-order chi connectivity index (χ1) is 18.5. The molecule has 2 N–H and O–H groups in total. The molecule has 1 aromatic rings. The molecule has 0 radical (unpaired) electrons. The lowest BCUT2D eigenvalue weighted by molar-refractivity contribution is -0.141. The molecule has 0 saturated carbocycles. The van der Waals surface area contributed by atoms with Crippen molar-refractivity contribution >= 4 is 17.8 Å². The predicted octanol–water partition coefficient (Wildman–Crippen LogP) is 4.09. The number of hydrogen-bond donors (Lipinski definition) is 2. The van der Waals surface area contributed by atoms with Gasteiger partial charge in [-0.1, -0.05) is 60.6 Å². The number of benzene rings is 1. The van der Waals surface area contributed by atoms with Gasteiger partial charge >= 0.3 is 5.97 Å². The van der Waals surface area contributed by atoms with E-state index in [0.29, 0.717) is 17.1 Å². The van der Waals surface area contributed by atoms with Crippen molar-refractivity contribution in [1.29, 1.82) is 0 Å². The minimum Gasteiger partial charge on any atom is -0.497 e. The molecular formula is C31H51N3O6. The Balaban J connectivity index is 3.40. The summed E-state index contributed by atoms with van der Waals surface area (Å²) in [6, 6.07) is 3.62. The van der Waals surface area contributed by atoms with Crippen molar-refractivity contribution in [2.24, 2.45) is 11.3 Å². The van der Waals surface area contributed by atoms with E-state index < -0.39 is 28.9 Å². The van der Waals surface area contributed by atoms with Crippen molar-refractivity contribution in [3.63, 3.8) is 0 Å². The van der Waals surface area contributed by atoms with Crippen LogP contribution in [-0.2, 0) is 24.5 Å². The Morgan fingerprint density at radius 3 is 2.08 bits per heavy atom. The van der Waals surface area contributed by atoms with Crippen molar-refractivity contribution in [1.82, 2.24) is 15.5 Å². The highest BCUT2D eigenvalue weighted by molar-refractivity contribution is 5.92. The lowest BCUT2D eigenvalue weighted by Crippen LogP contribution is -2.61. The number of carbonyl (C=O) groups is 3. The number of rotatable bonds is 13. The first-order valence-corrected chi connectivity index (χ1v) is 13.8. The molecule has 9 nitrogen and oxygen atoms in total. The molecular weight excluding hydrogens is 510 g/mol. The summed E-state index contributed by atoms with van der Waals surface area (Å²) in [6.07, 6.45) is 1.76. The molecule has 9 heteroatoms. The number of amides is 2. The van der Waals surface area contributed by atoms with Gasteiger partial charge in [-0.3, -0.25) is 9.59 Å². The van der Waals surface area contributed by atoms with E-state index in [1.807, 2.05) is 60.6 Å². The van der Waals surface area contributed by atoms with Gasteiger partial charge in [0, 0.05) is 29.7 Å². The topological polar surface area (TPSA) is 106 Å². The van der Waals surface area contributed by atoms with Crippen molar-refractivity contribution in [3.8, 4) is 11.5 Å². The lowest BCUT2D eigenvalue weighted by Gasteiger charge is -2.40. The number of ether oxygens (including phenoxy) is 3. The average Bonchev–Trinajstić information content (AvgIpc) is 2.88. The fourth-order valence-electron chi connectivity index (χ4n) is 4.85. The van der Waals surface area contributed by atoms with Gasteiger partial charge in [-0.05, 0) is 38.3 Å². The Bertz CT molecular complexity index is 1060. The molecule has 0 aliphatic rings. The van der Waals surface area contributed by atoms with Crippen molar-refractivity contribution in [2.75, 3.05) is 34.9 Å². The molecule has 0 saturated heterocycles. The Morgan fingerprint density at radius 2 is 1.62 bits per heavy atom. The maximum atomic E-state index is 14.0. The summed E-state index contributed by atoms with van der Waals surface area (Å²) in [5.74, 6) is 0.289.